The van der Waals surface area contributed by atoms with Crippen LogP contribution in [-0.4, -0.2) is 94.0 Å². The number of hydrogen-bond donors (Lipinski definition) is 0. The molecule has 60 valence electrons. The van der Waals surface area contributed by atoms with E-state index in [2.05, 4.69) is 0 Å². The van der Waals surface area contributed by atoms with Crippen LogP contribution in [0.1, 0.15) is 0 Å². The average molecular weight is 258 g/mol. The van der Waals surface area contributed by atoms with Crippen LogP contribution in [0.2, 0.25) is 0 Å². The molecule has 0 aliphatic rings. The predicted molar refractivity (Wildman–Crippen MR) is 42.2 cm³/mol. The van der Waals surface area contributed by atoms with Crippen LogP contribution in [0.3, 0.4) is 0 Å². The van der Waals surface area contributed by atoms with Crippen LogP contribution >= 0.6 is 0 Å². The first-order valence-electron chi connectivity index (χ1n) is 1.82. The summed E-state index contributed by atoms with van der Waals surface area (Å²) in [5.41, 5.74) is 0. The van der Waals surface area contributed by atoms with Crippen LogP contribution in [0.15, 0.2) is 0 Å². The maximum Gasteiger partial charge on any atom is 2.00 e. The van der Waals surface area contributed by atoms with Gasteiger partial charge in [0.2, 0.25) is 0 Å². The molecule has 0 unspecified atom stereocenters. The first-order chi connectivity index (χ1) is 4.00. The van der Waals surface area contributed by atoms with Gasteiger partial charge in [0.05, 0.1) is 0 Å². The topological polar surface area (TPSA) is 114 Å². The van der Waals surface area contributed by atoms with Crippen LogP contribution in [0.5, 0.6) is 0 Å². The molecule has 0 bridgehead atoms. The van der Waals surface area contributed by atoms with Crippen molar-refractivity contribution in [1.82, 2.24) is 0 Å². The van der Waals surface area contributed by atoms with Gasteiger partial charge in [-0.1, -0.05) is 0 Å². The van der Waals surface area contributed by atoms with E-state index in [0.717, 1.165) is 0 Å². The van der Waals surface area contributed by atoms with E-state index in [1.165, 1.54) is 0 Å². The normalized spacial score (nSPS) is 10.4. The monoisotopic (exact) mass is 258 g/mol. The van der Waals surface area contributed by atoms with E-state index in [9.17, 15) is 0 Å². The summed E-state index contributed by atoms with van der Waals surface area (Å²) in [5.74, 6) is 0. The molecule has 0 amide bonds. The van der Waals surface area contributed by atoms with Gasteiger partial charge in [-0.25, -0.2) is 0 Å². The second-order valence-electron chi connectivity index (χ2n) is 1.41. The summed E-state index contributed by atoms with van der Waals surface area (Å²) in [6.07, 6.45) is 0. The quantitative estimate of drug-likeness (QED) is 0.321. The average Bonchev–Trinajstić information content (AvgIpc) is 1.12. The van der Waals surface area contributed by atoms with Crippen molar-refractivity contribution in [3.8, 4) is 0 Å². The van der Waals surface area contributed by atoms with Crippen molar-refractivity contribution in [3.63, 3.8) is 0 Å². The van der Waals surface area contributed by atoms with Gasteiger partial charge in [0.25, 0.3) is 0 Å². The minimum absolute atomic E-state index is 0. The Bertz CT molecular complexity index is 215. The zero-order valence-corrected chi connectivity index (χ0v) is 13.8. The van der Waals surface area contributed by atoms with E-state index in [4.69, 9.17) is 25.9 Å². The standard InChI is InChI=1S/2Al.Ca.2O3S.4H/c;;;2*1-4(2)3;;;;/q;;+2;2*-1;;;;. The Morgan fingerprint density at radius 1 is 0.818 bits per heavy atom. The van der Waals surface area contributed by atoms with Gasteiger partial charge in [0.1, 0.15) is 0 Å². The molecule has 0 N–H and O–H groups in total. The summed E-state index contributed by atoms with van der Waals surface area (Å²) in [7, 11) is -7.56. The number of rotatable bonds is 0. The SMILES string of the molecule is O=[S](=O)([O-])[AlH2].O=[S](=O)([O-])[AlH2].[Ca+2]. The zero-order chi connectivity index (χ0) is 9.00. The van der Waals surface area contributed by atoms with E-state index in [1.54, 1.807) is 0 Å². The maximum atomic E-state index is 9.14. The molecule has 0 rings (SSSR count). The summed E-state index contributed by atoms with van der Waals surface area (Å²) in [6.45, 7) is 0. The molecule has 6 nitrogen and oxygen atoms in total. The van der Waals surface area contributed by atoms with Crippen LogP contribution in [0.25, 0.3) is 0 Å². The predicted octanol–water partition coefficient (Wildman–Crippen LogP) is -4.22. The largest absolute Gasteiger partial charge is 2.00 e. The fourth-order valence-electron chi connectivity index (χ4n) is 0. The summed E-state index contributed by atoms with van der Waals surface area (Å²) in [5, 5.41) is 0. The molecule has 0 saturated carbocycles. The van der Waals surface area contributed by atoms with Crippen molar-refractivity contribution in [3.05, 3.63) is 0 Å². The van der Waals surface area contributed by atoms with Crippen LogP contribution in [0.4, 0.5) is 0 Å². The van der Waals surface area contributed by atoms with Crippen LogP contribution in [-0.2, 0) is 17.0 Å². The third kappa shape index (κ3) is 272. The van der Waals surface area contributed by atoms with E-state index < -0.39 is 17.0 Å². The molecule has 0 aliphatic carbocycles. The van der Waals surface area contributed by atoms with Gasteiger partial charge in [-0.05, 0) is 17.0 Å². The van der Waals surface area contributed by atoms with Crippen molar-refractivity contribution in [2.24, 2.45) is 0 Å². The molecule has 11 heteroatoms. The molecule has 0 saturated heterocycles. The van der Waals surface area contributed by atoms with Crippen molar-refractivity contribution < 1.29 is 25.9 Å². The van der Waals surface area contributed by atoms with E-state index in [1.807, 2.05) is 0 Å². The van der Waals surface area contributed by atoms with Crippen molar-refractivity contribution >= 4 is 85.0 Å². The summed E-state index contributed by atoms with van der Waals surface area (Å²) in [4.78, 5) is 0. The Kier molecular flexibility index (Phi) is 12.9. The van der Waals surface area contributed by atoms with E-state index >= 15 is 0 Å². The second kappa shape index (κ2) is 7.54. The Balaban J connectivity index is -0.000000107. The molecule has 0 aromatic rings. The van der Waals surface area contributed by atoms with Gasteiger partial charge in [-0.3, -0.25) is 16.8 Å². The van der Waals surface area contributed by atoms with Gasteiger partial charge in [0, 0.05) is 0 Å². The minimum atomic E-state index is -3.78. The third-order valence-corrected chi connectivity index (χ3v) is 0. The molecule has 0 radical (unpaired) electrons. The molecule has 0 heterocycles. The first-order valence-corrected chi connectivity index (χ1v) is 10.3. The van der Waals surface area contributed by atoms with E-state index in [-0.39, 0.29) is 68.1 Å². The summed E-state index contributed by atoms with van der Waals surface area (Å²) < 4.78 is 54.8. The van der Waals surface area contributed by atoms with Crippen molar-refractivity contribution in [1.29, 1.82) is 0 Å². The minimum Gasteiger partial charge on any atom is -0.766 e. The first kappa shape index (κ1) is 18.8. The molecular weight excluding hydrogens is 254 g/mol. The molecule has 0 aliphatic heterocycles. The van der Waals surface area contributed by atoms with Gasteiger partial charge in [0.15, 0.2) is 0 Å². The molecule has 0 fully saturated rings. The molecule has 0 aromatic carbocycles. The molecule has 0 atom stereocenters. The zero-order valence-electron chi connectivity index (χ0n) is 5.97. The Morgan fingerprint density at radius 2 is 0.818 bits per heavy atom. The third-order valence-electron chi connectivity index (χ3n) is 0. The van der Waals surface area contributed by atoms with Gasteiger partial charge in [-0.2, -0.15) is 0 Å². The van der Waals surface area contributed by atoms with Gasteiger partial charge < -0.3 is 9.11 Å². The van der Waals surface area contributed by atoms with Crippen LogP contribution in [0, 0.1) is 0 Å². The molecular formula is H4Al2CaO6S2. The van der Waals surface area contributed by atoms with Crippen molar-refractivity contribution in [2.45, 2.75) is 0 Å². The van der Waals surface area contributed by atoms with Crippen molar-refractivity contribution in [2.75, 3.05) is 0 Å². The molecule has 11 heavy (non-hydrogen) atoms. The van der Waals surface area contributed by atoms with E-state index in [0.29, 0.717) is 0 Å². The Morgan fingerprint density at radius 3 is 0.818 bits per heavy atom. The number of hydrogen-bond acceptors (Lipinski definition) is 6. The smallest absolute Gasteiger partial charge is 0.766 e. The Hall–Kier alpha value is 2.14. The Labute approximate surface area is 109 Å². The van der Waals surface area contributed by atoms with Gasteiger partial charge >= 0.3 is 68.1 Å². The fourth-order valence-corrected chi connectivity index (χ4v) is 0. The maximum absolute atomic E-state index is 9.14. The van der Waals surface area contributed by atoms with Gasteiger partial charge in [-0.15, -0.1) is 0 Å². The summed E-state index contributed by atoms with van der Waals surface area (Å²) in [6, 6.07) is 0. The van der Waals surface area contributed by atoms with Crippen LogP contribution < -0.4 is 0 Å². The molecule has 0 spiro atoms. The summed E-state index contributed by atoms with van der Waals surface area (Å²) >= 11 is -0.551. The second-order valence-corrected chi connectivity index (χ2v) is 10.2. The molecule has 0 aromatic heterocycles. The fraction of sp³-hybridized carbons (Fsp3) is 0.